The zero-order valence-corrected chi connectivity index (χ0v) is 24.2. The van der Waals surface area contributed by atoms with Crippen LogP contribution in [-0.2, 0) is 31.0 Å². The van der Waals surface area contributed by atoms with E-state index in [2.05, 4.69) is 16.4 Å². The number of likely N-dealkylation sites (tertiary alicyclic amines) is 1. The van der Waals surface area contributed by atoms with Gasteiger partial charge in [-0.3, -0.25) is 14.4 Å². The van der Waals surface area contributed by atoms with Crippen LogP contribution in [0.15, 0.2) is 54.7 Å². The van der Waals surface area contributed by atoms with Gasteiger partial charge < -0.3 is 25.7 Å². The first-order valence-electron chi connectivity index (χ1n) is 13.8. The first-order chi connectivity index (χ1) is 18.6. The Bertz CT molecular complexity index is 1390. The lowest BCUT2D eigenvalue weighted by atomic mass is 9.73. The third kappa shape index (κ3) is 5.60. The number of carbonyl (C=O) groups excluding carboxylic acids is 3. The molecule has 1 aliphatic heterocycles. The number of halogens is 1. The maximum absolute atomic E-state index is 13.9. The highest BCUT2D eigenvalue weighted by atomic mass is 35.5. The molecule has 0 saturated carbocycles. The van der Waals surface area contributed by atoms with Crippen LogP contribution in [0.4, 0.5) is 0 Å². The molecule has 5 rings (SSSR count). The van der Waals surface area contributed by atoms with Crippen LogP contribution in [0, 0.1) is 0 Å². The molecule has 1 spiro atoms. The van der Waals surface area contributed by atoms with Gasteiger partial charge in [0.25, 0.3) is 0 Å². The van der Waals surface area contributed by atoms with Gasteiger partial charge in [0.2, 0.25) is 11.8 Å². The predicted molar refractivity (Wildman–Crippen MR) is 157 cm³/mol. The lowest BCUT2D eigenvalue weighted by molar-refractivity contribution is -0.145. The maximum atomic E-state index is 13.9. The van der Waals surface area contributed by atoms with Crippen LogP contribution in [0.2, 0.25) is 0 Å². The number of nitrogens with one attached hydrogen (secondary N) is 2. The van der Waals surface area contributed by atoms with Gasteiger partial charge in [0.15, 0.2) is 0 Å². The van der Waals surface area contributed by atoms with Crippen LogP contribution in [0.25, 0.3) is 10.9 Å². The molecule has 1 aliphatic carbocycles. The van der Waals surface area contributed by atoms with Crippen LogP contribution in [0.3, 0.4) is 0 Å². The van der Waals surface area contributed by atoms with Crippen molar-refractivity contribution in [3.05, 3.63) is 71.4 Å². The van der Waals surface area contributed by atoms with Crippen LogP contribution in [-0.4, -0.2) is 58.9 Å². The van der Waals surface area contributed by atoms with Gasteiger partial charge in [-0.25, -0.2) is 0 Å². The molecule has 4 N–H and O–H groups in total. The average Bonchev–Trinajstić information content (AvgIpc) is 3.47. The Balaban J connectivity index is 0.00000370. The Labute approximate surface area is 241 Å². The Hall–Kier alpha value is -3.36. The largest absolute Gasteiger partial charge is 0.466 e. The van der Waals surface area contributed by atoms with Gasteiger partial charge in [0.1, 0.15) is 6.04 Å². The highest BCUT2D eigenvalue weighted by Gasteiger charge is 2.48. The van der Waals surface area contributed by atoms with Crippen molar-refractivity contribution >= 4 is 41.1 Å². The lowest BCUT2D eigenvalue weighted by Crippen LogP contribution is -2.58. The van der Waals surface area contributed by atoms with Crippen molar-refractivity contribution in [2.75, 3.05) is 19.7 Å². The molecule has 1 aromatic heterocycles. The molecule has 0 bridgehead atoms. The zero-order valence-electron chi connectivity index (χ0n) is 23.4. The fraction of sp³-hybridized carbons (Fsp3) is 0.452. The average molecular weight is 567 g/mol. The van der Waals surface area contributed by atoms with E-state index in [1.807, 2.05) is 60.5 Å². The van der Waals surface area contributed by atoms with E-state index in [0.717, 1.165) is 34.9 Å². The number of benzene rings is 2. The van der Waals surface area contributed by atoms with Crippen molar-refractivity contribution in [3.8, 4) is 0 Å². The second kappa shape index (κ2) is 11.6. The van der Waals surface area contributed by atoms with E-state index >= 15 is 0 Å². The van der Waals surface area contributed by atoms with Crippen LogP contribution >= 0.6 is 12.4 Å². The first-order valence-corrected chi connectivity index (χ1v) is 13.8. The van der Waals surface area contributed by atoms with Crippen molar-refractivity contribution in [2.45, 2.75) is 69.4 Å². The van der Waals surface area contributed by atoms with E-state index in [1.54, 1.807) is 13.8 Å². The summed E-state index contributed by atoms with van der Waals surface area (Å²) in [5.41, 5.74) is 8.99. The number of nitrogens with zero attached hydrogens (tertiary/aromatic N) is 1. The summed E-state index contributed by atoms with van der Waals surface area (Å²) in [7, 11) is 0. The van der Waals surface area contributed by atoms with E-state index < -0.39 is 11.6 Å². The predicted octanol–water partition coefficient (Wildman–Crippen LogP) is 3.97. The first kappa shape index (κ1) is 29.6. The second-order valence-corrected chi connectivity index (χ2v) is 11.5. The highest BCUT2D eigenvalue weighted by molar-refractivity contribution is 5.92. The number of esters is 1. The van der Waals surface area contributed by atoms with E-state index in [1.165, 1.54) is 5.56 Å². The van der Waals surface area contributed by atoms with Gasteiger partial charge in [-0.2, -0.15) is 0 Å². The number of amides is 2. The summed E-state index contributed by atoms with van der Waals surface area (Å²) in [6.45, 7) is 6.56. The molecule has 9 heteroatoms. The molecule has 0 unspecified atom stereocenters. The highest BCUT2D eigenvalue weighted by Crippen LogP contribution is 2.52. The SMILES string of the molecule is CCOC(=O)[C@@H]1CC2(CCN(C(=O)[C@@H](Cc3c[nH]c4ccccc34)NC(=O)C(C)(C)N)CC2)c2ccccc21.Cl. The Morgan fingerprint density at radius 1 is 1.12 bits per heavy atom. The standard InChI is InChI=1S/C31H38N4O4.ClH/c1-4-39-28(37)23-18-31(24-11-7-5-10-22(23)24)13-15-35(16-14-31)27(36)26(34-29(38)30(2,3)32)17-20-19-33-25-12-8-6-9-21(20)25;/h5-12,19,23,26,33H,4,13-18,32H2,1-3H3,(H,34,38);1H/t23-,26-;/m1./s1. The van der Waals surface area contributed by atoms with Gasteiger partial charge in [0.05, 0.1) is 18.1 Å². The topological polar surface area (TPSA) is 118 Å². The number of carbonyl (C=O) groups is 3. The molecule has 2 aliphatic rings. The Morgan fingerprint density at radius 2 is 1.80 bits per heavy atom. The second-order valence-electron chi connectivity index (χ2n) is 11.5. The van der Waals surface area contributed by atoms with Crippen molar-refractivity contribution in [3.63, 3.8) is 0 Å². The summed E-state index contributed by atoms with van der Waals surface area (Å²) in [6.07, 6.45) is 4.47. The van der Waals surface area contributed by atoms with Crippen molar-refractivity contribution in [1.82, 2.24) is 15.2 Å². The number of rotatable bonds is 7. The summed E-state index contributed by atoms with van der Waals surface area (Å²) >= 11 is 0. The van der Waals surface area contributed by atoms with Gasteiger partial charge in [-0.15, -0.1) is 12.4 Å². The number of aromatic nitrogens is 1. The van der Waals surface area contributed by atoms with E-state index in [9.17, 15) is 14.4 Å². The molecule has 2 atom stereocenters. The molecule has 214 valence electrons. The molecule has 8 nitrogen and oxygen atoms in total. The van der Waals surface area contributed by atoms with Crippen molar-refractivity contribution in [1.29, 1.82) is 0 Å². The third-order valence-corrected chi connectivity index (χ3v) is 8.39. The molecule has 3 aromatic rings. The zero-order chi connectivity index (χ0) is 27.8. The van der Waals surface area contributed by atoms with Gasteiger partial charge in [0, 0.05) is 42.0 Å². The minimum atomic E-state index is -1.11. The smallest absolute Gasteiger partial charge is 0.313 e. The van der Waals surface area contributed by atoms with Crippen LogP contribution < -0.4 is 11.1 Å². The number of aromatic amines is 1. The number of fused-ring (bicyclic) bond motifs is 3. The quantitative estimate of drug-likeness (QED) is 0.374. The van der Waals surface area contributed by atoms with Crippen LogP contribution in [0.5, 0.6) is 0 Å². The van der Waals surface area contributed by atoms with E-state index in [-0.39, 0.29) is 41.5 Å². The molecule has 2 heterocycles. The number of hydrogen-bond donors (Lipinski definition) is 3. The van der Waals surface area contributed by atoms with Crippen molar-refractivity contribution in [2.24, 2.45) is 5.73 Å². The molecular weight excluding hydrogens is 528 g/mol. The van der Waals surface area contributed by atoms with E-state index in [0.29, 0.717) is 32.5 Å². The molecule has 2 amide bonds. The number of nitrogens with two attached hydrogens (primary N) is 1. The molecule has 1 saturated heterocycles. The molecular formula is C31H39ClN4O4. The maximum Gasteiger partial charge on any atom is 0.313 e. The fourth-order valence-electron chi connectivity index (χ4n) is 6.26. The third-order valence-electron chi connectivity index (χ3n) is 8.39. The summed E-state index contributed by atoms with van der Waals surface area (Å²) in [5.74, 6) is -0.924. The number of piperidine rings is 1. The minimum absolute atomic E-state index is 0. The molecule has 1 fully saturated rings. The molecule has 40 heavy (non-hydrogen) atoms. The summed E-state index contributed by atoms with van der Waals surface area (Å²) in [6, 6.07) is 15.3. The fourth-order valence-corrected chi connectivity index (χ4v) is 6.26. The Morgan fingerprint density at radius 3 is 2.50 bits per heavy atom. The number of hydrogen-bond acceptors (Lipinski definition) is 5. The lowest BCUT2D eigenvalue weighted by Gasteiger charge is -2.41. The summed E-state index contributed by atoms with van der Waals surface area (Å²) in [5, 5.41) is 3.97. The number of H-pyrrole nitrogens is 1. The van der Waals surface area contributed by atoms with Gasteiger partial charge in [-0.1, -0.05) is 42.5 Å². The minimum Gasteiger partial charge on any atom is -0.466 e. The molecule has 0 radical (unpaired) electrons. The van der Waals surface area contributed by atoms with Gasteiger partial charge >= 0.3 is 5.97 Å². The van der Waals surface area contributed by atoms with Gasteiger partial charge in [-0.05, 0) is 62.8 Å². The summed E-state index contributed by atoms with van der Waals surface area (Å²) in [4.78, 5) is 44.7. The van der Waals surface area contributed by atoms with Crippen molar-refractivity contribution < 1.29 is 19.1 Å². The van der Waals surface area contributed by atoms with E-state index in [4.69, 9.17) is 10.5 Å². The number of para-hydroxylation sites is 1. The number of ether oxygens (including phenoxy) is 1. The monoisotopic (exact) mass is 566 g/mol. The normalized spacial score (nSPS) is 18.6. The summed E-state index contributed by atoms with van der Waals surface area (Å²) < 4.78 is 5.40. The van der Waals surface area contributed by atoms with Crippen LogP contribution in [0.1, 0.15) is 62.6 Å². The molecule has 2 aromatic carbocycles. The Kier molecular flexibility index (Phi) is 8.61.